The standard InChI is InChI=1S/C15H20N2O4/c1-20-12-7-2-3-8-13(12)21-10-14(18)17-11-6-4-5-9-16-15(11)19/h2-3,7-8,11H,4-6,9-10H2,1H3,(H,16,19)(H,17,18)/t11-/m0/s1. The van der Waals surface area contributed by atoms with Gasteiger partial charge in [0.1, 0.15) is 6.04 Å². The van der Waals surface area contributed by atoms with Gasteiger partial charge in [0.25, 0.3) is 5.91 Å². The van der Waals surface area contributed by atoms with Crippen molar-refractivity contribution in [1.29, 1.82) is 0 Å². The first-order valence-electron chi connectivity index (χ1n) is 7.03. The van der Waals surface area contributed by atoms with E-state index in [2.05, 4.69) is 10.6 Å². The minimum Gasteiger partial charge on any atom is -0.493 e. The predicted octanol–water partition coefficient (Wildman–Crippen LogP) is 0.859. The topological polar surface area (TPSA) is 76.7 Å². The normalized spacial score (nSPS) is 18.3. The van der Waals surface area contributed by atoms with Gasteiger partial charge >= 0.3 is 0 Å². The lowest BCUT2D eigenvalue weighted by Gasteiger charge is -2.16. The Bertz CT molecular complexity index is 504. The molecule has 21 heavy (non-hydrogen) atoms. The zero-order valence-electron chi connectivity index (χ0n) is 12.1. The molecule has 6 nitrogen and oxygen atoms in total. The van der Waals surface area contributed by atoms with Crippen molar-refractivity contribution in [3.05, 3.63) is 24.3 Å². The zero-order chi connectivity index (χ0) is 15.1. The Morgan fingerprint density at radius 3 is 2.86 bits per heavy atom. The minimum atomic E-state index is -0.471. The smallest absolute Gasteiger partial charge is 0.258 e. The summed E-state index contributed by atoms with van der Waals surface area (Å²) >= 11 is 0. The molecule has 0 saturated carbocycles. The molecule has 1 atom stereocenters. The van der Waals surface area contributed by atoms with Crippen LogP contribution in [0, 0.1) is 0 Å². The summed E-state index contributed by atoms with van der Waals surface area (Å²) in [5, 5.41) is 5.48. The van der Waals surface area contributed by atoms with Gasteiger partial charge in [-0.25, -0.2) is 0 Å². The monoisotopic (exact) mass is 292 g/mol. The van der Waals surface area contributed by atoms with Gasteiger partial charge in [0, 0.05) is 6.54 Å². The molecule has 6 heteroatoms. The molecule has 114 valence electrons. The number of hydrogen-bond acceptors (Lipinski definition) is 4. The number of carbonyl (C=O) groups is 2. The van der Waals surface area contributed by atoms with Crippen LogP contribution in [0.5, 0.6) is 11.5 Å². The van der Waals surface area contributed by atoms with E-state index in [1.165, 1.54) is 7.11 Å². The molecule has 1 fully saturated rings. The molecule has 2 rings (SSSR count). The third-order valence-corrected chi connectivity index (χ3v) is 3.30. The fourth-order valence-electron chi connectivity index (χ4n) is 2.19. The van der Waals surface area contributed by atoms with E-state index in [4.69, 9.17) is 9.47 Å². The van der Waals surface area contributed by atoms with E-state index in [0.717, 1.165) is 12.8 Å². The van der Waals surface area contributed by atoms with Crippen molar-refractivity contribution in [3.63, 3.8) is 0 Å². The van der Waals surface area contributed by atoms with Crippen LogP contribution in [0.25, 0.3) is 0 Å². The third kappa shape index (κ3) is 4.37. The van der Waals surface area contributed by atoms with Crippen LogP contribution in [-0.2, 0) is 9.59 Å². The lowest BCUT2D eigenvalue weighted by molar-refractivity contribution is -0.129. The van der Waals surface area contributed by atoms with Crippen molar-refractivity contribution in [3.8, 4) is 11.5 Å². The van der Waals surface area contributed by atoms with Crippen molar-refractivity contribution >= 4 is 11.8 Å². The van der Waals surface area contributed by atoms with E-state index in [-0.39, 0.29) is 18.4 Å². The van der Waals surface area contributed by atoms with E-state index in [1.54, 1.807) is 18.2 Å². The molecule has 1 aromatic carbocycles. The Morgan fingerprint density at radius 2 is 2.10 bits per heavy atom. The van der Waals surface area contributed by atoms with Gasteiger partial charge in [0.15, 0.2) is 18.1 Å². The molecule has 0 aliphatic carbocycles. The highest BCUT2D eigenvalue weighted by Crippen LogP contribution is 2.25. The van der Waals surface area contributed by atoms with E-state index >= 15 is 0 Å². The summed E-state index contributed by atoms with van der Waals surface area (Å²) in [6.07, 6.45) is 2.51. The quantitative estimate of drug-likeness (QED) is 0.844. The van der Waals surface area contributed by atoms with Crippen molar-refractivity contribution < 1.29 is 19.1 Å². The number of ether oxygens (including phenoxy) is 2. The molecular weight excluding hydrogens is 272 g/mol. The van der Waals surface area contributed by atoms with Gasteiger partial charge in [-0.3, -0.25) is 9.59 Å². The fourth-order valence-corrected chi connectivity index (χ4v) is 2.19. The summed E-state index contributed by atoms with van der Waals surface area (Å²) in [4.78, 5) is 23.6. The highest BCUT2D eigenvalue weighted by molar-refractivity contribution is 5.88. The SMILES string of the molecule is COc1ccccc1OCC(=O)N[C@H]1CCCCNC1=O. The zero-order valence-corrected chi connectivity index (χ0v) is 12.1. The summed E-state index contributed by atoms with van der Waals surface area (Å²) < 4.78 is 10.6. The van der Waals surface area contributed by atoms with Crippen LogP contribution in [0.1, 0.15) is 19.3 Å². The Morgan fingerprint density at radius 1 is 1.33 bits per heavy atom. The molecule has 0 unspecified atom stereocenters. The average Bonchev–Trinajstić information content (AvgIpc) is 2.70. The molecule has 2 amide bonds. The van der Waals surface area contributed by atoms with Crippen LogP contribution in [0.15, 0.2) is 24.3 Å². The van der Waals surface area contributed by atoms with Crippen molar-refractivity contribution in [2.45, 2.75) is 25.3 Å². The van der Waals surface area contributed by atoms with Crippen LogP contribution in [0.3, 0.4) is 0 Å². The highest BCUT2D eigenvalue weighted by Gasteiger charge is 2.22. The Labute approximate surface area is 123 Å². The molecule has 1 aliphatic rings. The predicted molar refractivity (Wildman–Crippen MR) is 77.3 cm³/mol. The van der Waals surface area contributed by atoms with Gasteiger partial charge in [-0.15, -0.1) is 0 Å². The first-order chi connectivity index (χ1) is 10.2. The maximum absolute atomic E-state index is 11.9. The van der Waals surface area contributed by atoms with E-state index in [9.17, 15) is 9.59 Å². The molecule has 0 radical (unpaired) electrons. The second-order valence-electron chi connectivity index (χ2n) is 4.85. The van der Waals surface area contributed by atoms with Gasteiger partial charge in [-0.2, -0.15) is 0 Å². The minimum absolute atomic E-state index is 0.127. The fraction of sp³-hybridized carbons (Fsp3) is 0.467. The second kappa shape index (κ2) is 7.52. The van der Waals surface area contributed by atoms with Crippen LogP contribution < -0.4 is 20.1 Å². The lowest BCUT2D eigenvalue weighted by atomic mass is 10.1. The molecule has 0 bridgehead atoms. The van der Waals surface area contributed by atoms with Crippen molar-refractivity contribution in [1.82, 2.24) is 10.6 Å². The number of hydrogen-bond donors (Lipinski definition) is 2. The molecule has 1 heterocycles. The maximum Gasteiger partial charge on any atom is 0.258 e. The van der Waals surface area contributed by atoms with Gasteiger partial charge in [0.05, 0.1) is 7.11 Å². The number of methoxy groups -OCH3 is 1. The average molecular weight is 292 g/mol. The van der Waals surface area contributed by atoms with E-state index < -0.39 is 6.04 Å². The van der Waals surface area contributed by atoms with E-state index in [1.807, 2.05) is 6.07 Å². The molecule has 1 aromatic rings. The first-order valence-corrected chi connectivity index (χ1v) is 7.03. The summed E-state index contributed by atoms with van der Waals surface area (Å²) in [6.45, 7) is 0.521. The molecule has 1 aliphatic heterocycles. The van der Waals surface area contributed by atoms with Gasteiger partial charge in [0.2, 0.25) is 5.91 Å². The molecule has 0 spiro atoms. The van der Waals surface area contributed by atoms with Crippen molar-refractivity contribution in [2.24, 2.45) is 0 Å². The Kier molecular flexibility index (Phi) is 5.43. The Balaban J connectivity index is 1.85. The number of para-hydroxylation sites is 2. The van der Waals surface area contributed by atoms with Gasteiger partial charge in [-0.1, -0.05) is 12.1 Å². The van der Waals surface area contributed by atoms with Crippen LogP contribution >= 0.6 is 0 Å². The van der Waals surface area contributed by atoms with Gasteiger partial charge in [-0.05, 0) is 31.4 Å². The van der Waals surface area contributed by atoms with Crippen molar-refractivity contribution in [2.75, 3.05) is 20.3 Å². The van der Waals surface area contributed by atoms with Crippen LogP contribution in [0.4, 0.5) is 0 Å². The highest BCUT2D eigenvalue weighted by atomic mass is 16.5. The van der Waals surface area contributed by atoms with Crippen LogP contribution in [-0.4, -0.2) is 38.1 Å². The second-order valence-corrected chi connectivity index (χ2v) is 4.85. The number of amides is 2. The summed E-state index contributed by atoms with van der Waals surface area (Å²) in [7, 11) is 1.54. The number of nitrogens with one attached hydrogen (secondary N) is 2. The third-order valence-electron chi connectivity index (χ3n) is 3.30. The number of carbonyl (C=O) groups excluding carboxylic acids is 2. The summed E-state index contributed by atoms with van der Waals surface area (Å²) in [5.41, 5.74) is 0. The summed E-state index contributed by atoms with van der Waals surface area (Å²) in [5.74, 6) is 0.624. The summed E-state index contributed by atoms with van der Waals surface area (Å²) in [6, 6.07) is 6.63. The van der Waals surface area contributed by atoms with Crippen LogP contribution in [0.2, 0.25) is 0 Å². The first kappa shape index (κ1) is 15.2. The maximum atomic E-state index is 11.9. The lowest BCUT2D eigenvalue weighted by Crippen LogP contribution is -2.46. The Hall–Kier alpha value is -2.24. The number of rotatable bonds is 5. The molecule has 0 aromatic heterocycles. The molecular formula is C15H20N2O4. The van der Waals surface area contributed by atoms with Gasteiger partial charge < -0.3 is 20.1 Å². The largest absolute Gasteiger partial charge is 0.493 e. The molecule has 1 saturated heterocycles. The molecule has 2 N–H and O–H groups in total. The van der Waals surface area contributed by atoms with E-state index in [0.29, 0.717) is 24.5 Å². The number of benzene rings is 1.